The van der Waals surface area contributed by atoms with Gasteiger partial charge in [-0.15, -0.1) is 0 Å². The molecule has 1 aromatic heterocycles. The van der Waals surface area contributed by atoms with Crippen LogP contribution in [-0.2, 0) is 0 Å². The molecule has 1 heterocycles. The monoisotopic (exact) mass is 166 g/mol. The van der Waals surface area contributed by atoms with Gasteiger partial charge in [0.15, 0.2) is 0 Å². The van der Waals surface area contributed by atoms with E-state index in [-0.39, 0.29) is 6.10 Å². The second-order valence-corrected chi connectivity index (χ2v) is 2.67. The first-order valence-electron chi connectivity index (χ1n) is 4.04. The van der Waals surface area contributed by atoms with Crippen LogP contribution >= 0.6 is 0 Å². The van der Waals surface area contributed by atoms with Gasteiger partial charge in [0, 0.05) is 18.9 Å². The zero-order valence-corrected chi connectivity index (χ0v) is 7.45. The highest BCUT2D eigenvalue weighted by atomic mass is 16.5. The lowest BCUT2D eigenvalue weighted by Gasteiger charge is -2.13. The highest BCUT2D eigenvalue weighted by molar-refractivity contribution is 5.17. The van der Waals surface area contributed by atoms with Gasteiger partial charge in [-0.1, -0.05) is 0 Å². The molecule has 0 aliphatic carbocycles. The van der Waals surface area contributed by atoms with Gasteiger partial charge in [-0.2, -0.15) is 0 Å². The third-order valence-corrected chi connectivity index (χ3v) is 1.48. The first kappa shape index (κ1) is 9.00. The van der Waals surface area contributed by atoms with Crippen molar-refractivity contribution in [3.8, 4) is 5.75 Å². The molecule has 1 rings (SSSR count). The molecule has 66 valence electrons. The van der Waals surface area contributed by atoms with Crippen molar-refractivity contribution in [2.24, 2.45) is 0 Å². The summed E-state index contributed by atoms with van der Waals surface area (Å²) in [4.78, 5) is 3.90. The minimum Gasteiger partial charge on any atom is -0.489 e. The standard InChI is InChI=1S/C9H14N2O/c1-8(7-10-2)12-9-3-5-11-6-4-9/h3-6,8,10H,7H2,1-2H3. The molecule has 0 aromatic carbocycles. The first-order valence-corrected chi connectivity index (χ1v) is 4.04. The average molecular weight is 166 g/mol. The number of hydrogen-bond donors (Lipinski definition) is 1. The Bertz CT molecular complexity index is 213. The maximum absolute atomic E-state index is 5.55. The molecule has 1 atom stereocenters. The first-order chi connectivity index (χ1) is 5.83. The largest absolute Gasteiger partial charge is 0.489 e. The molecule has 12 heavy (non-hydrogen) atoms. The summed E-state index contributed by atoms with van der Waals surface area (Å²) in [5.74, 6) is 0.868. The molecular weight excluding hydrogens is 152 g/mol. The number of aromatic nitrogens is 1. The summed E-state index contributed by atoms with van der Waals surface area (Å²) in [6, 6.07) is 3.71. The second kappa shape index (κ2) is 4.72. The van der Waals surface area contributed by atoms with Crippen molar-refractivity contribution in [1.82, 2.24) is 10.3 Å². The molecular formula is C9H14N2O. The molecule has 0 fully saturated rings. The minimum absolute atomic E-state index is 0.192. The lowest BCUT2D eigenvalue weighted by Crippen LogP contribution is -2.25. The van der Waals surface area contributed by atoms with Crippen molar-refractivity contribution < 1.29 is 4.74 Å². The highest BCUT2D eigenvalue weighted by Crippen LogP contribution is 2.08. The van der Waals surface area contributed by atoms with Gasteiger partial charge >= 0.3 is 0 Å². The van der Waals surface area contributed by atoms with Crippen LogP contribution in [0.4, 0.5) is 0 Å². The summed E-state index contributed by atoms with van der Waals surface area (Å²) < 4.78 is 5.55. The van der Waals surface area contributed by atoms with Gasteiger partial charge in [-0.05, 0) is 26.1 Å². The molecule has 1 unspecified atom stereocenters. The van der Waals surface area contributed by atoms with E-state index in [1.165, 1.54) is 0 Å². The maximum Gasteiger partial charge on any atom is 0.122 e. The number of likely N-dealkylation sites (N-methyl/N-ethyl adjacent to an activating group) is 1. The van der Waals surface area contributed by atoms with Crippen LogP contribution in [0.25, 0.3) is 0 Å². The van der Waals surface area contributed by atoms with Crippen LogP contribution in [0.15, 0.2) is 24.5 Å². The fraction of sp³-hybridized carbons (Fsp3) is 0.444. The Balaban J connectivity index is 2.41. The third-order valence-electron chi connectivity index (χ3n) is 1.48. The Hall–Kier alpha value is -1.09. The van der Waals surface area contributed by atoms with Gasteiger partial charge in [0.05, 0.1) is 0 Å². The van der Waals surface area contributed by atoms with E-state index in [0.29, 0.717) is 0 Å². The van der Waals surface area contributed by atoms with Crippen LogP contribution < -0.4 is 10.1 Å². The van der Waals surface area contributed by atoms with E-state index < -0.39 is 0 Å². The third kappa shape index (κ3) is 2.88. The van der Waals surface area contributed by atoms with Crippen molar-refractivity contribution in [3.05, 3.63) is 24.5 Å². The topological polar surface area (TPSA) is 34.1 Å². The summed E-state index contributed by atoms with van der Waals surface area (Å²) in [6.45, 7) is 2.87. The lowest BCUT2D eigenvalue weighted by atomic mass is 10.4. The Morgan fingerprint density at radius 3 is 2.75 bits per heavy atom. The maximum atomic E-state index is 5.55. The summed E-state index contributed by atoms with van der Waals surface area (Å²) >= 11 is 0. The van der Waals surface area contributed by atoms with Crippen molar-refractivity contribution >= 4 is 0 Å². The number of nitrogens with one attached hydrogen (secondary N) is 1. The van der Waals surface area contributed by atoms with E-state index in [9.17, 15) is 0 Å². The van der Waals surface area contributed by atoms with Crippen molar-refractivity contribution in [2.45, 2.75) is 13.0 Å². The van der Waals surface area contributed by atoms with E-state index in [0.717, 1.165) is 12.3 Å². The molecule has 0 saturated carbocycles. The number of pyridine rings is 1. The van der Waals surface area contributed by atoms with E-state index in [1.54, 1.807) is 12.4 Å². The summed E-state index contributed by atoms with van der Waals surface area (Å²) in [6.07, 6.45) is 3.64. The predicted molar refractivity (Wildman–Crippen MR) is 48.3 cm³/mol. The van der Waals surface area contributed by atoms with Crippen molar-refractivity contribution in [3.63, 3.8) is 0 Å². The average Bonchev–Trinajstić information content (AvgIpc) is 2.06. The molecule has 0 spiro atoms. The smallest absolute Gasteiger partial charge is 0.122 e. The highest BCUT2D eigenvalue weighted by Gasteiger charge is 2.00. The molecule has 0 aliphatic heterocycles. The molecule has 0 radical (unpaired) electrons. The Labute approximate surface area is 72.8 Å². The van der Waals surface area contributed by atoms with Gasteiger partial charge in [-0.3, -0.25) is 4.98 Å². The van der Waals surface area contributed by atoms with Crippen LogP contribution in [0.3, 0.4) is 0 Å². The number of rotatable bonds is 4. The fourth-order valence-corrected chi connectivity index (χ4v) is 0.978. The number of ether oxygens (including phenoxy) is 1. The van der Waals surface area contributed by atoms with Gasteiger partial charge in [0.1, 0.15) is 11.9 Å². The summed E-state index contributed by atoms with van der Waals surface area (Å²) in [5.41, 5.74) is 0. The normalized spacial score (nSPS) is 12.5. The zero-order chi connectivity index (χ0) is 8.81. The molecule has 3 nitrogen and oxygen atoms in total. The van der Waals surface area contributed by atoms with Gasteiger partial charge in [0.2, 0.25) is 0 Å². The van der Waals surface area contributed by atoms with Crippen LogP contribution in [0.1, 0.15) is 6.92 Å². The summed E-state index contributed by atoms with van der Waals surface area (Å²) in [5, 5.41) is 3.05. The SMILES string of the molecule is CNCC(C)Oc1ccncc1. The van der Waals surface area contributed by atoms with Gasteiger partial charge < -0.3 is 10.1 Å². The van der Waals surface area contributed by atoms with E-state index in [2.05, 4.69) is 10.3 Å². The predicted octanol–water partition coefficient (Wildman–Crippen LogP) is 1.07. The molecule has 1 aromatic rings. The van der Waals surface area contributed by atoms with E-state index in [4.69, 9.17) is 4.74 Å². The van der Waals surface area contributed by atoms with Crippen molar-refractivity contribution in [1.29, 1.82) is 0 Å². The Kier molecular flexibility index (Phi) is 3.54. The second-order valence-electron chi connectivity index (χ2n) is 2.67. The van der Waals surface area contributed by atoms with Crippen LogP contribution in [0.5, 0.6) is 5.75 Å². The van der Waals surface area contributed by atoms with Crippen LogP contribution in [-0.4, -0.2) is 24.7 Å². The van der Waals surface area contributed by atoms with E-state index in [1.807, 2.05) is 26.1 Å². The van der Waals surface area contributed by atoms with Gasteiger partial charge in [-0.25, -0.2) is 0 Å². The molecule has 0 amide bonds. The quantitative estimate of drug-likeness (QED) is 0.726. The number of nitrogens with zero attached hydrogens (tertiary/aromatic N) is 1. The van der Waals surface area contributed by atoms with Crippen molar-refractivity contribution in [2.75, 3.05) is 13.6 Å². The zero-order valence-electron chi connectivity index (χ0n) is 7.45. The van der Waals surface area contributed by atoms with Crippen LogP contribution in [0, 0.1) is 0 Å². The Morgan fingerprint density at radius 1 is 1.50 bits per heavy atom. The van der Waals surface area contributed by atoms with Gasteiger partial charge in [0.25, 0.3) is 0 Å². The summed E-state index contributed by atoms with van der Waals surface area (Å²) in [7, 11) is 1.91. The van der Waals surface area contributed by atoms with E-state index >= 15 is 0 Å². The fourth-order valence-electron chi connectivity index (χ4n) is 0.978. The molecule has 0 bridgehead atoms. The minimum atomic E-state index is 0.192. The molecule has 0 saturated heterocycles. The lowest BCUT2D eigenvalue weighted by molar-refractivity contribution is 0.220. The van der Waals surface area contributed by atoms with Crippen LogP contribution in [0.2, 0.25) is 0 Å². The molecule has 0 aliphatic rings. The Morgan fingerprint density at radius 2 is 2.17 bits per heavy atom. The molecule has 3 heteroatoms. The molecule has 1 N–H and O–H groups in total. The number of hydrogen-bond acceptors (Lipinski definition) is 3.